The van der Waals surface area contributed by atoms with Crippen LogP contribution in [0, 0.1) is 5.41 Å². The third-order valence-electron chi connectivity index (χ3n) is 5.15. The highest BCUT2D eigenvalue weighted by Gasteiger charge is 2.65. The smallest absolute Gasteiger partial charge is 0.324 e. The van der Waals surface area contributed by atoms with Gasteiger partial charge in [-0.25, -0.2) is 4.98 Å². The molecule has 0 unspecified atom stereocenters. The molecule has 2 aromatic rings. The second-order valence-corrected chi connectivity index (χ2v) is 8.28. The predicted molar refractivity (Wildman–Crippen MR) is 104 cm³/mol. The van der Waals surface area contributed by atoms with Gasteiger partial charge in [-0.1, -0.05) is 0 Å². The number of anilines is 2. The van der Waals surface area contributed by atoms with Crippen LogP contribution in [0.3, 0.4) is 0 Å². The molecule has 8 heteroatoms. The Kier molecular flexibility index (Phi) is 4.53. The summed E-state index contributed by atoms with van der Waals surface area (Å²) < 4.78 is 16.3. The van der Waals surface area contributed by atoms with Crippen molar-refractivity contribution in [1.29, 1.82) is 0 Å². The molecule has 1 spiro atoms. The molecule has 2 aliphatic rings. The Morgan fingerprint density at radius 2 is 2.04 bits per heavy atom. The van der Waals surface area contributed by atoms with Crippen molar-refractivity contribution in [2.24, 2.45) is 5.41 Å². The quantitative estimate of drug-likeness (QED) is 0.602. The molecular formula is C20H22N2O5S. The van der Waals surface area contributed by atoms with E-state index in [0.717, 1.165) is 11.4 Å². The van der Waals surface area contributed by atoms with E-state index in [0.29, 0.717) is 23.9 Å². The number of aromatic nitrogens is 1. The van der Waals surface area contributed by atoms with Crippen molar-refractivity contribution < 1.29 is 23.8 Å². The molecule has 0 radical (unpaired) electrons. The maximum Gasteiger partial charge on any atom is 0.324 e. The average molecular weight is 402 g/mol. The molecule has 28 heavy (non-hydrogen) atoms. The Balaban J connectivity index is 1.51. The molecule has 1 aromatic carbocycles. The highest BCUT2D eigenvalue weighted by atomic mass is 32.1. The minimum absolute atomic E-state index is 0.244. The van der Waals surface area contributed by atoms with Crippen LogP contribution < -0.4 is 10.1 Å². The van der Waals surface area contributed by atoms with Crippen molar-refractivity contribution in [3.05, 3.63) is 35.3 Å². The minimum atomic E-state index is -1.21. The van der Waals surface area contributed by atoms with Gasteiger partial charge in [-0.2, -0.15) is 0 Å². The second kappa shape index (κ2) is 6.77. The maximum absolute atomic E-state index is 12.6. The van der Waals surface area contributed by atoms with Gasteiger partial charge in [0.15, 0.2) is 16.1 Å². The number of hydrogen-bond acceptors (Lipinski definition) is 8. The summed E-state index contributed by atoms with van der Waals surface area (Å²) in [6.07, 6.45) is 0.311. The molecular weight excluding hydrogens is 380 g/mol. The van der Waals surface area contributed by atoms with Crippen LogP contribution in [-0.4, -0.2) is 29.6 Å². The number of nitrogens with one attached hydrogen (secondary N) is 1. The Morgan fingerprint density at radius 3 is 2.68 bits per heavy atom. The molecule has 148 valence electrons. The number of benzene rings is 1. The zero-order chi connectivity index (χ0) is 19.9. The van der Waals surface area contributed by atoms with Crippen LogP contribution in [0.5, 0.6) is 5.75 Å². The van der Waals surface area contributed by atoms with Crippen molar-refractivity contribution in [2.75, 3.05) is 11.9 Å². The van der Waals surface area contributed by atoms with Crippen molar-refractivity contribution in [3.8, 4) is 5.75 Å². The van der Waals surface area contributed by atoms with E-state index in [1.165, 1.54) is 11.3 Å². The third-order valence-corrected chi connectivity index (χ3v) is 5.90. The van der Waals surface area contributed by atoms with E-state index >= 15 is 0 Å². The lowest BCUT2D eigenvalue weighted by Crippen LogP contribution is -2.31. The SMILES string of the molecule is CCOc1ccc(Nc2nc([C@]3(C)C[C@]4(C[C@@H](C)OC4=O)C(=O)O3)cs2)cc1. The number of nitrogens with zero attached hydrogens (tertiary/aromatic N) is 1. The van der Waals surface area contributed by atoms with Crippen molar-refractivity contribution in [1.82, 2.24) is 4.98 Å². The van der Waals surface area contributed by atoms with Crippen molar-refractivity contribution in [2.45, 2.75) is 45.3 Å². The Hall–Kier alpha value is -2.61. The van der Waals surface area contributed by atoms with E-state index in [9.17, 15) is 9.59 Å². The molecule has 1 N–H and O–H groups in total. The summed E-state index contributed by atoms with van der Waals surface area (Å²) in [4.78, 5) is 29.4. The van der Waals surface area contributed by atoms with Crippen LogP contribution in [0.15, 0.2) is 29.6 Å². The molecule has 0 aliphatic carbocycles. The topological polar surface area (TPSA) is 86.8 Å². The summed E-state index contributed by atoms with van der Waals surface area (Å²) in [5, 5.41) is 5.78. The lowest BCUT2D eigenvalue weighted by molar-refractivity contribution is -0.160. The van der Waals surface area contributed by atoms with Crippen LogP contribution in [-0.2, 0) is 24.7 Å². The third kappa shape index (κ3) is 3.11. The van der Waals surface area contributed by atoms with E-state index in [2.05, 4.69) is 10.3 Å². The predicted octanol–water partition coefficient (Wildman–Crippen LogP) is 3.77. The first-order valence-electron chi connectivity index (χ1n) is 9.25. The zero-order valence-corrected chi connectivity index (χ0v) is 16.8. The van der Waals surface area contributed by atoms with Crippen LogP contribution in [0.25, 0.3) is 0 Å². The standard InChI is InChI=1S/C20H22N2O5S/c1-4-25-14-7-5-13(6-8-14)21-18-22-15(10-28-18)19(3)11-20(17(24)27-19)9-12(2)26-16(20)23/h5-8,10,12H,4,9,11H2,1-3H3,(H,21,22)/t12-,19+,20+/m1/s1. The fraction of sp³-hybridized carbons (Fsp3) is 0.450. The summed E-state index contributed by atoms with van der Waals surface area (Å²) in [6.45, 7) is 6.15. The first-order valence-corrected chi connectivity index (χ1v) is 10.1. The van der Waals surface area contributed by atoms with Crippen LogP contribution in [0.4, 0.5) is 10.8 Å². The fourth-order valence-corrected chi connectivity index (χ4v) is 4.70. The van der Waals surface area contributed by atoms with E-state index in [4.69, 9.17) is 14.2 Å². The second-order valence-electron chi connectivity index (χ2n) is 7.42. The van der Waals surface area contributed by atoms with Gasteiger partial charge < -0.3 is 19.5 Å². The fourth-order valence-electron chi connectivity index (χ4n) is 3.85. The molecule has 2 fully saturated rings. The molecule has 2 aliphatic heterocycles. The molecule has 4 rings (SSSR count). The Bertz CT molecular complexity index is 912. The summed E-state index contributed by atoms with van der Waals surface area (Å²) in [6, 6.07) is 7.59. The molecule has 0 bridgehead atoms. The zero-order valence-electron chi connectivity index (χ0n) is 16.0. The summed E-state index contributed by atoms with van der Waals surface area (Å²) in [5.41, 5.74) is -0.651. The van der Waals surface area contributed by atoms with Gasteiger partial charge in [0.25, 0.3) is 0 Å². The largest absolute Gasteiger partial charge is 0.494 e. The monoisotopic (exact) mass is 402 g/mol. The van der Waals surface area contributed by atoms with Gasteiger partial charge in [-0.3, -0.25) is 9.59 Å². The lowest BCUT2D eigenvalue weighted by atomic mass is 9.78. The normalized spacial score (nSPS) is 29.0. The summed E-state index contributed by atoms with van der Waals surface area (Å²) >= 11 is 1.42. The maximum atomic E-state index is 12.6. The number of ether oxygens (including phenoxy) is 3. The van der Waals surface area contributed by atoms with E-state index < -0.39 is 23.0 Å². The number of carbonyl (C=O) groups is 2. The highest BCUT2D eigenvalue weighted by Crippen LogP contribution is 2.52. The molecule has 3 heterocycles. The molecule has 1 aromatic heterocycles. The van der Waals surface area contributed by atoms with Gasteiger partial charge in [0, 0.05) is 23.9 Å². The van der Waals surface area contributed by atoms with Gasteiger partial charge in [0.2, 0.25) is 0 Å². The van der Waals surface area contributed by atoms with Crippen molar-refractivity contribution in [3.63, 3.8) is 0 Å². The minimum Gasteiger partial charge on any atom is -0.494 e. The van der Waals surface area contributed by atoms with E-state index in [1.54, 1.807) is 13.8 Å². The molecule has 2 saturated heterocycles. The number of hydrogen-bond donors (Lipinski definition) is 1. The summed E-state index contributed by atoms with van der Waals surface area (Å²) in [7, 11) is 0. The Labute approximate surface area is 167 Å². The first-order chi connectivity index (χ1) is 13.3. The molecule has 7 nitrogen and oxygen atoms in total. The molecule has 0 saturated carbocycles. The number of thiazole rings is 1. The van der Waals surface area contributed by atoms with Gasteiger partial charge in [0.05, 0.1) is 12.3 Å². The molecule has 3 atom stereocenters. The Morgan fingerprint density at radius 1 is 1.29 bits per heavy atom. The lowest BCUT2D eigenvalue weighted by Gasteiger charge is -2.20. The van der Waals surface area contributed by atoms with Gasteiger partial charge in [-0.15, -0.1) is 11.3 Å². The van der Waals surface area contributed by atoms with Gasteiger partial charge in [-0.05, 0) is 45.0 Å². The van der Waals surface area contributed by atoms with Crippen LogP contribution in [0.1, 0.15) is 39.3 Å². The van der Waals surface area contributed by atoms with E-state index in [-0.39, 0.29) is 12.5 Å². The first kappa shape index (κ1) is 18.7. The average Bonchev–Trinajstić information content (AvgIpc) is 3.29. The summed E-state index contributed by atoms with van der Waals surface area (Å²) in [5.74, 6) is -0.198. The molecule has 0 amide bonds. The van der Waals surface area contributed by atoms with Gasteiger partial charge >= 0.3 is 11.9 Å². The van der Waals surface area contributed by atoms with Crippen LogP contribution in [0.2, 0.25) is 0 Å². The van der Waals surface area contributed by atoms with Crippen LogP contribution >= 0.6 is 11.3 Å². The van der Waals surface area contributed by atoms with E-state index in [1.807, 2.05) is 36.6 Å². The van der Waals surface area contributed by atoms with Crippen molar-refractivity contribution >= 4 is 34.1 Å². The number of rotatable bonds is 5. The number of esters is 2. The number of cyclic esters (lactones) is 2. The number of carbonyl (C=O) groups excluding carboxylic acids is 2. The van der Waals surface area contributed by atoms with Gasteiger partial charge in [0.1, 0.15) is 11.9 Å². The highest BCUT2D eigenvalue weighted by molar-refractivity contribution is 7.13.